The number of hydrogen-bond donors (Lipinski definition) is 1. The van der Waals surface area contributed by atoms with Crippen LogP contribution in [0.5, 0.6) is 0 Å². The summed E-state index contributed by atoms with van der Waals surface area (Å²) in [5, 5.41) is 11.3. The quantitative estimate of drug-likeness (QED) is 0.401. The fourth-order valence-electron chi connectivity index (χ4n) is 3.72. The Kier molecular flexibility index (Phi) is 6.98. The molecule has 0 unspecified atom stereocenters. The second kappa shape index (κ2) is 10.4. The SMILES string of the molecule is N#CCc1ccc(NC(=O)COC(=O)c2ccc3c(c2)C(=O)N(CCc2ccccc2)C3=O)cc1. The first-order chi connectivity index (χ1) is 17.0. The first-order valence-corrected chi connectivity index (χ1v) is 10.9. The molecule has 1 aliphatic rings. The van der Waals surface area contributed by atoms with Crippen LogP contribution in [0, 0.1) is 11.3 Å². The molecule has 174 valence electrons. The van der Waals surface area contributed by atoms with Crippen LogP contribution in [0.25, 0.3) is 0 Å². The van der Waals surface area contributed by atoms with E-state index in [4.69, 9.17) is 10.00 Å². The Morgan fingerprint density at radius 2 is 1.60 bits per heavy atom. The summed E-state index contributed by atoms with van der Waals surface area (Å²) in [6.45, 7) is -0.292. The number of imide groups is 1. The molecule has 0 atom stereocenters. The normalized spacial score (nSPS) is 12.1. The van der Waals surface area contributed by atoms with E-state index in [1.54, 1.807) is 24.3 Å². The van der Waals surface area contributed by atoms with Crippen LogP contribution in [0.15, 0.2) is 72.8 Å². The maximum atomic E-state index is 12.8. The van der Waals surface area contributed by atoms with E-state index >= 15 is 0 Å². The van der Waals surface area contributed by atoms with Gasteiger partial charge in [-0.2, -0.15) is 5.26 Å². The van der Waals surface area contributed by atoms with Crippen LogP contribution in [0.3, 0.4) is 0 Å². The minimum absolute atomic E-state index is 0.0727. The first-order valence-electron chi connectivity index (χ1n) is 10.9. The second-order valence-corrected chi connectivity index (χ2v) is 7.91. The molecule has 0 radical (unpaired) electrons. The molecule has 1 heterocycles. The lowest BCUT2D eigenvalue weighted by atomic mass is 10.1. The summed E-state index contributed by atoms with van der Waals surface area (Å²) in [5.74, 6) is -2.18. The Bertz CT molecular complexity index is 1330. The number of esters is 1. The number of benzene rings is 3. The molecular weight excluding hydrogens is 446 g/mol. The van der Waals surface area contributed by atoms with Crippen molar-refractivity contribution in [3.63, 3.8) is 0 Å². The molecule has 8 nitrogen and oxygen atoms in total. The maximum absolute atomic E-state index is 12.8. The number of fused-ring (bicyclic) bond motifs is 1. The van der Waals surface area contributed by atoms with Gasteiger partial charge in [0.15, 0.2) is 6.61 Å². The summed E-state index contributed by atoms with van der Waals surface area (Å²) in [6, 6.07) is 22.5. The van der Waals surface area contributed by atoms with E-state index in [-0.39, 0.29) is 29.7 Å². The summed E-state index contributed by atoms with van der Waals surface area (Å²) in [6.07, 6.45) is 0.795. The average molecular weight is 467 g/mol. The number of nitrogens with one attached hydrogen (secondary N) is 1. The predicted molar refractivity (Wildman–Crippen MR) is 127 cm³/mol. The van der Waals surface area contributed by atoms with E-state index in [1.807, 2.05) is 36.4 Å². The number of nitriles is 1. The van der Waals surface area contributed by atoms with Gasteiger partial charge in [0.05, 0.1) is 29.2 Å². The van der Waals surface area contributed by atoms with E-state index in [1.165, 1.54) is 23.1 Å². The van der Waals surface area contributed by atoms with Gasteiger partial charge >= 0.3 is 5.97 Å². The third-order valence-corrected chi connectivity index (χ3v) is 5.53. The molecule has 0 spiro atoms. The van der Waals surface area contributed by atoms with Crippen LogP contribution in [-0.2, 0) is 22.4 Å². The maximum Gasteiger partial charge on any atom is 0.338 e. The smallest absolute Gasteiger partial charge is 0.338 e. The highest BCUT2D eigenvalue weighted by Crippen LogP contribution is 2.25. The summed E-state index contributed by atoms with van der Waals surface area (Å²) in [5.41, 5.74) is 2.77. The highest BCUT2D eigenvalue weighted by Gasteiger charge is 2.35. The van der Waals surface area contributed by atoms with Gasteiger partial charge in [-0.1, -0.05) is 42.5 Å². The van der Waals surface area contributed by atoms with Gasteiger partial charge in [-0.3, -0.25) is 19.3 Å². The highest BCUT2D eigenvalue weighted by molar-refractivity contribution is 6.22. The number of nitrogens with zero attached hydrogens (tertiary/aromatic N) is 2. The van der Waals surface area contributed by atoms with E-state index in [0.717, 1.165) is 11.1 Å². The minimum Gasteiger partial charge on any atom is -0.452 e. The van der Waals surface area contributed by atoms with Crippen molar-refractivity contribution in [1.29, 1.82) is 5.26 Å². The molecule has 0 saturated carbocycles. The van der Waals surface area contributed by atoms with Crippen LogP contribution in [0.2, 0.25) is 0 Å². The van der Waals surface area contributed by atoms with E-state index < -0.39 is 30.3 Å². The van der Waals surface area contributed by atoms with Crippen molar-refractivity contribution in [3.8, 4) is 6.07 Å². The van der Waals surface area contributed by atoms with Crippen LogP contribution in [-0.4, -0.2) is 41.7 Å². The zero-order valence-corrected chi connectivity index (χ0v) is 18.7. The van der Waals surface area contributed by atoms with Crippen molar-refractivity contribution < 1.29 is 23.9 Å². The Morgan fingerprint density at radius 3 is 2.31 bits per heavy atom. The second-order valence-electron chi connectivity index (χ2n) is 7.91. The van der Waals surface area contributed by atoms with Crippen molar-refractivity contribution >= 4 is 29.4 Å². The van der Waals surface area contributed by atoms with Crippen LogP contribution >= 0.6 is 0 Å². The Hall–Kier alpha value is -4.77. The first kappa shape index (κ1) is 23.4. The molecule has 0 saturated heterocycles. The van der Waals surface area contributed by atoms with Gasteiger partial charge in [0, 0.05) is 12.2 Å². The van der Waals surface area contributed by atoms with Crippen molar-refractivity contribution in [2.24, 2.45) is 0 Å². The van der Waals surface area contributed by atoms with Gasteiger partial charge < -0.3 is 10.1 Å². The number of rotatable bonds is 8. The zero-order valence-electron chi connectivity index (χ0n) is 18.7. The third-order valence-electron chi connectivity index (χ3n) is 5.53. The van der Waals surface area contributed by atoms with E-state index in [9.17, 15) is 19.2 Å². The fraction of sp³-hybridized carbons (Fsp3) is 0.148. The molecular formula is C27H21N3O5. The number of ether oxygens (including phenoxy) is 1. The molecule has 35 heavy (non-hydrogen) atoms. The molecule has 3 amide bonds. The van der Waals surface area contributed by atoms with Crippen molar-refractivity contribution in [1.82, 2.24) is 4.90 Å². The molecule has 1 aliphatic heterocycles. The molecule has 0 aromatic heterocycles. The van der Waals surface area contributed by atoms with Crippen molar-refractivity contribution in [2.45, 2.75) is 12.8 Å². The molecule has 3 aromatic rings. The largest absolute Gasteiger partial charge is 0.452 e. The number of amides is 3. The van der Waals surface area contributed by atoms with E-state index in [0.29, 0.717) is 12.1 Å². The zero-order chi connectivity index (χ0) is 24.8. The summed E-state index contributed by atoms with van der Waals surface area (Å²) >= 11 is 0. The van der Waals surface area contributed by atoms with Gasteiger partial charge in [0.2, 0.25) is 0 Å². The molecule has 0 aliphatic carbocycles. The summed E-state index contributed by atoms with van der Waals surface area (Å²) < 4.78 is 5.07. The Balaban J connectivity index is 1.34. The van der Waals surface area contributed by atoms with E-state index in [2.05, 4.69) is 5.32 Å². The standard InChI is InChI=1S/C27H21N3O5/c28-14-12-19-6-9-21(10-7-19)29-24(31)17-35-27(34)20-8-11-22-23(16-20)26(33)30(25(22)32)15-13-18-4-2-1-3-5-18/h1-11,16H,12-13,15,17H2,(H,29,31). The minimum atomic E-state index is -0.782. The van der Waals surface area contributed by atoms with Crippen LogP contribution in [0.4, 0.5) is 5.69 Å². The summed E-state index contributed by atoms with van der Waals surface area (Å²) in [7, 11) is 0. The third kappa shape index (κ3) is 5.42. The lowest BCUT2D eigenvalue weighted by molar-refractivity contribution is -0.119. The highest BCUT2D eigenvalue weighted by atomic mass is 16.5. The fourth-order valence-corrected chi connectivity index (χ4v) is 3.72. The Morgan fingerprint density at radius 1 is 0.886 bits per heavy atom. The molecule has 4 rings (SSSR count). The number of anilines is 1. The molecule has 0 bridgehead atoms. The van der Waals surface area contributed by atoms with Gasteiger partial charge in [0.1, 0.15) is 0 Å². The number of carbonyl (C=O) groups is 4. The van der Waals surface area contributed by atoms with Gasteiger partial charge in [-0.05, 0) is 47.9 Å². The number of hydrogen-bond acceptors (Lipinski definition) is 6. The van der Waals surface area contributed by atoms with Crippen molar-refractivity contribution in [2.75, 3.05) is 18.5 Å². The topological polar surface area (TPSA) is 117 Å². The lowest BCUT2D eigenvalue weighted by Crippen LogP contribution is -2.31. The van der Waals surface area contributed by atoms with Crippen LogP contribution in [0.1, 0.15) is 42.2 Å². The molecule has 0 fully saturated rings. The molecule has 8 heteroatoms. The van der Waals surface area contributed by atoms with Crippen molar-refractivity contribution in [3.05, 3.63) is 101 Å². The van der Waals surface area contributed by atoms with Gasteiger partial charge in [-0.15, -0.1) is 0 Å². The summed E-state index contributed by atoms with van der Waals surface area (Å²) in [4.78, 5) is 51.2. The Labute approximate surface area is 201 Å². The number of carbonyl (C=O) groups excluding carboxylic acids is 4. The van der Waals surface area contributed by atoms with Gasteiger partial charge in [-0.25, -0.2) is 4.79 Å². The van der Waals surface area contributed by atoms with Crippen LogP contribution < -0.4 is 5.32 Å². The predicted octanol–water partition coefficient (Wildman–Crippen LogP) is 3.39. The molecule has 3 aromatic carbocycles. The van der Waals surface area contributed by atoms with Gasteiger partial charge in [0.25, 0.3) is 17.7 Å². The monoisotopic (exact) mass is 467 g/mol. The lowest BCUT2D eigenvalue weighted by Gasteiger charge is -2.13. The molecule has 1 N–H and O–H groups in total. The average Bonchev–Trinajstić information content (AvgIpc) is 3.12.